The number of nitrogens with one attached hydrogen (secondary N) is 1. The van der Waals surface area contributed by atoms with Crippen molar-refractivity contribution in [2.75, 3.05) is 39.6 Å². The molecule has 1 aromatic heterocycles. The third kappa shape index (κ3) is 4.26. The predicted octanol–water partition coefficient (Wildman–Crippen LogP) is 0.507. The Morgan fingerprint density at radius 1 is 1.33 bits per heavy atom. The number of anilines is 1. The molecule has 0 amide bonds. The van der Waals surface area contributed by atoms with E-state index in [0.717, 1.165) is 13.1 Å². The van der Waals surface area contributed by atoms with Gasteiger partial charge in [-0.1, -0.05) is 0 Å². The van der Waals surface area contributed by atoms with Crippen molar-refractivity contribution in [3.05, 3.63) is 5.28 Å². The highest BCUT2D eigenvalue weighted by molar-refractivity contribution is 6.28. The summed E-state index contributed by atoms with van der Waals surface area (Å²) in [5.41, 5.74) is 0. The van der Waals surface area contributed by atoms with Crippen LogP contribution >= 0.6 is 11.6 Å². The second kappa shape index (κ2) is 5.67. The van der Waals surface area contributed by atoms with Gasteiger partial charge in [0.25, 0.3) is 0 Å². The lowest BCUT2D eigenvalue weighted by Crippen LogP contribution is -2.21. The number of ether oxygens (including phenoxy) is 1. The summed E-state index contributed by atoms with van der Waals surface area (Å²) in [4.78, 5) is 13.7. The van der Waals surface area contributed by atoms with E-state index in [1.165, 1.54) is 7.11 Å². The molecule has 0 aliphatic heterocycles. The normalized spacial score (nSPS) is 10.5. The standard InChI is InChI=1S/C8H14ClN5O/c1-14(2)5-4-10-7-11-6(9)12-8(13-7)15-3/h4-5H2,1-3H3,(H,10,11,12,13). The van der Waals surface area contributed by atoms with Gasteiger partial charge in [0.05, 0.1) is 7.11 Å². The minimum atomic E-state index is 0.120. The second-order valence-electron chi connectivity index (χ2n) is 3.14. The van der Waals surface area contributed by atoms with Crippen LogP contribution in [-0.2, 0) is 0 Å². The third-order valence-electron chi connectivity index (χ3n) is 1.61. The van der Waals surface area contributed by atoms with Crippen molar-refractivity contribution >= 4 is 17.5 Å². The molecule has 0 aliphatic rings. The van der Waals surface area contributed by atoms with E-state index in [1.807, 2.05) is 19.0 Å². The van der Waals surface area contributed by atoms with Gasteiger partial charge < -0.3 is 15.0 Å². The fourth-order valence-electron chi connectivity index (χ4n) is 0.894. The topological polar surface area (TPSA) is 63.2 Å². The zero-order chi connectivity index (χ0) is 11.3. The molecule has 0 unspecified atom stereocenters. The van der Waals surface area contributed by atoms with Crippen LogP contribution in [0.3, 0.4) is 0 Å². The second-order valence-corrected chi connectivity index (χ2v) is 3.48. The van der Waals surface area contributed by atoms with Crippen LogP contribution in [0.5, 0.6) is 6.01 Å². The molecule has 0 saturated heterocycles. The smallest absolute Gasteiger partial charge is 0.322 e. The molecule has 0 fully saturated rings. The molecule has 1 rings (SSSR count). The summed E-state index contributed by atoms with van der Waals surface area (Å²) in [5.74, 6) is 0.425. The summed E-state index contributed by atoms with van der Waals surface area (Å²) >= 11 is 5.68. The third-order valence-corrected chi connectivity index (χ3v) is 1.78. The van der Waals surface area contributed by atoms with Crippen molar-refractivity contribution in [3.8, 4) is 6.01 Å². The number of aromatic nitrogens is 3. The first-order chi connectivity index (χ1) is 7.11. The van der Waals surface area contributed by atoms with Gasteiger partial charge in [-0.2, -0.15) is 15.0 Å². The average molecular weight is 232 g/mol. The van der Waals surface area contributed by atoms with Crippen molar-refractivity contribution in [1.29, 1.82) is 0 Å². The molecule has 84 valence electrons. The molecule has 0 atom stereocenters. The van der Waals surface area contributed by atoms with Gasteiger partial charge in [-0.05, 0) is 25.7 Å². The highest BCUT2D eigenvalue weighted by atomic mass is 35.5. The molecule has 6 nitrogen and oxygen atoms in total. The largest absolute Gasteiger partial charge is 0.467 e. The molecular formula is C8H14ClN5O. The summed E-state index contributed by atoms with van der Waals surface area (Å²) in [5, 5.41) is 3.14. The average Bonchev–Trinajstić information content (AvgIpc) is 2.16. The monoisotopic (exact) mass is 231 g/mol. The Balaban J connectivity index is 2.56. The van der Waals surface area contributed by atoms with Crippen LogP contribution in [0.2, 0.25) is 5.28 Å². The van der Waals surface area contributed by atoms with E-state index in [4.69, 9.17) is 16.3 Å². The molecule has 0 aromatic carbocycles. The molecule has 15 heavy (non-hydrogen) atoms. The Hall–Kier alpha value is -1.14. The number of halogens is 1. The fraction of sp³-hybridized carbons (Fsp3) is 0.625. The van der Waals surface area contributed by atoms with Gasteiger partial charge in [0.1, 0.15) is 0 Å². The van der Waals surface area contributed by atoms with Gasteiger partial charge in [-0.25, -0.2) is 0 Å². The summed E-state index contributed by atoms with van der Waals surface area (Å²) < 4.78 is 4.87. The van der Waals surface area contributed by atoms with Crippen molar-refractivity contribution in [2.24, 2.45) is 0 Å². The Morgan fingerprint density at radius 3 is 2.67 bits per heavy atom. The van der Waals surface area contributed by atoms with Gasteiger partial charge in [0.15, 0.2) is 0 Å². The Kier molecular flexibility index (Phi) is 4.51. The van der Waals surface area contributed by atoms with Crippen LogP contribution in [0.15, 0.2) is 0 Å². The Labute approximate surface area is 93.6 Å². The van der Waals surface area contributed by atoms with E-state index >= 15 is 0 Å². The lowest BCUT2D eigenvalue weighted by molar-refractivity contribution is 0.378. The van der Waals surface area contributed by atoms with Crippen LogP contribution in [0, 0.1) is 0 Å². The number of nitrogens with zero attached hydrogens (tertiary/aromatic N) is 4. The van der Waals surface area contributed by atoms with E-state index < -0.39 is 0 Å². The molecule has 0 spiro atoms. The lowest BCUT2D eigenvalue weighted by Gasteiger charge is -2.10. The Bertz CT molecular complexity index is 320. The molecule has 0 bridgehead atoms. The maximum absolute atomic E-state index is 5.68. The molecule has 0 radical (unpaired) electrons. The van der Waals surface area contributed by atoms with Gasteiger partial charge in [-0.15, -0.1) is 0 Å². The van der Waals surface area contributed by atoms with Crippen LogP contribution in [0.4, 0.5) is 5.95 Å². The van der Waals surface area contributed by atoms with E-state index in [0.29, 0.717) is 5.95 Å². The van der Waals surface area contributed by atoms with E-state index in [-0.39, 0.29) is 11.3 Å². The molecule has 0 saturated carbocycles. The molecule has 1 N–H and O–H groups in total. The van der Waals surface area contributed by atoms with Gasteiger partial charge in [0, 0.05) is 13.1 Å². The van der Waals surface area contributed by atoms with Crippen molar-refractivity contribution in [3.63, 3.8) is 0 Å². The molecule has 1 heterocycles. The zero-order valence-corrected chi connectivity index (χ0v) is 9.75. The molecule has 1 aromatic rings. The quantitative estimate of drug-likeness (QED) is 0.797. The highest BCUT2D eigenvalue weighted by Crippen LogP contribution is 2.10. The number of methoxy groups -OCH3 is 1. The maximum atomic E-state index is 5.68. The van der Waals surface area contributed by atoms with Crippen LogP contribution < -0.4 is 10.1 Å². The summed E-state index contributed by atoms with van der Waals surface area (Å²) in [6, 6.07) is 0.211. The van der Waals surface area contributed by atoms with Gasteiger partial charge >= 0.3 is 6.01 Å². The predicted molar refractivity (Wildman–Crippen MR) is 58.4 cm³/mol. The highest BCUT2D eigenvalue weighted by Gasteiger charge is 2.03. The van der Waals surface area contributed by atoms with Crippen molar-refractivity contribution in [1.82, 2.24) is 19.9 Å². The van der Waals surface area contributed by atoms with Crippen molar-refractivity contribution in [2.45, 2.75) is 0 Å². The van der Waals surface area contributed by atoms with Gasteiger partial charge in [-0.3, -0.25) is 0 Å². The lowest BCUT2D eigenvalue weighted by atomic mass is 10.6. The first-order valence-corrected chi connectivity index (χ1v) is 4.84. The number of rotatable bonds is 5. The first kappa shape index (κ1) is 11.9. The number of hydrogen-bond donors (Lipinski definition) is 1. The van der Waals surface area contributed by atoms with E-state index in [9.17, 15) is 0 Å². The summed E-state index contributed by atoms with van der Waals surface area (Å²) in [7, 11) is 5.46. The fourth-order valence-corrected chi connectivity index (χ4v) is 1.05. The van der Waals surface area contributed by atoms with E-state index in [2.05, 4.69) is 20.3 Å². The number of likely N-dealkylation sites (N-methyl/N-ethyl adjacent to an activating group) is 1. The maximum Gasteiger partial charge on any atom is 0.322 e. The Morgan fingerprint density at radius 2 is 2.07 bits per heavy atom. The summed E-state index contributed by atoms with van der Waals surface area (Å²) in [6.07, 6.45) is 0. The van der Waals surface area contributed by atoms with Crippen LogP contribution in [0.1, 0.15) is 0 Å². The molecular weight excluding hydrogens is 218 g/mol. The first-order valence-electron chi connectivity index (χ1n) is 4.46. The van der Waals surface area contributed by atoms with Gasteiger partial charge in [0.2, 0.25) is 11.2 Å². The van der Waals surface area contributed by atoms with Crippen LogP contribution in [-0.4, -0.2) is 54.1 Å². The zero-order valence-electron chi connectivity index (χ0n) is 8.99. The minimum absolute atomic E-state index is 0.120. The molecule has 7 heteroatoms. The molecule has 0 aliphatic carbocycles. The van der Waals surface area contributed by atoms with Crippen LogP contribution in [0.25, 0.3) is 0 Å². The minimum Gasteiger partial charge on any atom is -0.467 e. The van der Waals surface area contributed by atoms with Crippen molar-refractivity contribution < 1.29 is 4.74 Å². The van der Waals surface area contributed by atoms with E-state index in [1.54, 1.807) is 0 Å². The number of hydrogen-bond acceptors (Lipinski definition) is 6. The SMILES string of the molecule is COc1nc(Cl)nc(NCCN(C)C)n1. The summed E-state index contributed by atoms with van der Waals surface area (Å²) in [6.45, 7) is 1.61.